The minimum atomic E-state index is -4.76. The summed E-state index contributed by atoms with van der Waals surface area (Å²) in [5.74, 6) is 0. The molecule has 0 atom stereocenters. The summed E-state index contributed by atoms with van der Waals surface area (Å²) in [5, 5.41) is 14.6. The monoisotopic (exact) mass is 1050 g/mol. The lowest BCUT2D eigenvalue weighted by molar-refractivity contribution is -0.138. The van der Waals surface area contributed by atoms with E-state index in [1.165, 1.54) is 12.1 Å². The molecule has 80 heavy (non-hydrogen) atoms. The highest BCUT2D eigenvalue weighted by Crippen LogP contribution is 2.62. The third-order valence-electron chi connectivity index (χ3n) is 15.8. The number of halogens is 6. The third kappa shape index (κ3) is 7.17. The van der Waals surface area contributed by atoms with Gasteiger partial charge in [0.25, 0.3) is 0 Å². The highest BCUT2D eigenvalue weighted by Gasteiger charge is 2.48. The number of para-hydroxylation sites is 4. The number of aromatic nitrogens is 2. The Labute approximate surface area is 455 Å². The standard InChI is InChI=1S/C70H42F6N4/c71-69(72,73)48-37-39-52-50-29-13-17-33-57(50)78(61(52)41-48)65-63(44-21-5-1-6-22-44)54(43-77)64(45-23-7-2-8-24-45)66(79-58-34-18-14-30-51(58)53-40-38-49(42-62(53)79)70(74,75)76)67(65)80-59-35-19-15-31-55(59)68(46-25-9-3-10-26-46,47-27-11-4-12-28-47)56-32-16-20-36-60(56)80/h1-42H. The molecule has 2 aromatic heterocycles. The van der Waals surface area contributed by atoms with Crippen LogP contribution in [0.3, 0.4) is 0 Å². The minimum Gasteiger partial charge on any atom is -0.306 e. The lowest BCUT2D eigenvalue weighted by Gasteiger charge is -2.47. The Morgan fingerprint density at radius 3 is 1.10 bits per heavy atom. The Hall–Kier alpha value is -10.1. The zero-order chi connectivity index (χ0) is 54.5. The molecule has 0 saturated carbocycles. The number of rotatable bonds is 7. The maximum absolute atomic E-state index is 15.4. The summed E-state index contributed by atoms with van der Waals surface area (Å²) in [6.07, 6.45) is -9.52. The lowest BCUT2D eigenvalue weighted by atomic mass is 9.62. The lowest BCUT2D eigenvalue weighted by Crippen LogP contribution is -2.38. The van der Waals surface area contributed by atoms with E-state index in [4.69, 9.17) is 0 Å². The number of nitrogens with zero attached hydrogens (tertiary/aromatic N) is 4. The molecule has 4 nitrogen and oxygen atoms in total. The van der Waals surface area contributed by atoms with Crippen LogP contribution in [-0.2, 0) is 17.8 Å². The Bertz CT molecular complexity index is 4340. The van der Waals surface area contributed by atoms with Crippen LogP contribution < -0.4 is 4.90 Å². The molecule has 1 aliphatic rings. The second-order valence-corrected chi connectivity index (χ2v) is 20.0. The van der Waals surface area contributed by atoms with Crippen LogP contribution in [0.1, 0.15) is 38.9 Å². The number of hydrogen-bond donors (Lipinski definition) is 0. The normalized spacial score (nSPS) is 13.2. The fourth-order valence-electron chi connectivity index (χ4n) is 12.7. The second kappa shape index (κ2) is 18.3. The number of alkyl halides is 6. The van der Waals surface area contributed by atoms with Crippen molar-refractivity contribution in [2.45, 2.75) is 17.8 Å². The molecule has 0 saturated heterocycles. The van der Waals surface area contributed by atoms with E-state index in [2.05, 4.69) is 47.4 Å². The second-order valence-electron chi connectivity index (χ2n) is 20.0. The van der Waals surface area contributed by atoms with Crippen LogP contribution >= 0.6 is 0 Å². The SMILES string of the molecule is N#Cc1c(-c2ccccc2)c(-n2c3ccccc3c3ccc(C(F)(F)F)cc32)c(N2c3ccccc3C(c3ccccc3)(c3ccccc3)c3ccccc32)c(-n2c3ccccc3c3ccc(C(F)(F)F)cc32)c1-c1ccccc1. The number of nitriles is 1. The number of benzene rings is 11. The molecule has 1 aliphatic heterocycles. The van der Waals surface area contributed by atoms with E-state index in [1.807, 2.05) is 191 Å². The van der Waals surface area contributed by atoms with Gasteiger partial charge in [-0.1, -0.05) is 206 Å². The first-order valence-electron chi connectivity index (χ1n) is 26.0. The number of hydrogen-bond acceptors (Lipinski definition) is 2. The molecular weight excluding hydrogens is 1010 g/mol. The zero-order valence-electron chi connectivity index (χ0n) is 42.3. The van der Waals surface area contributed by atoms with Crippen LogP contribution in [0, 0.1) is 11.3 Å². The van der Waals surface area contributed by atoms with Crippen molar-refractivity contribution in [2.24, 2.45) is 0 Å². The summed E-state index contributed by atoms with van der Waals surface area (Å²) in [6.45, 7) is 0. The van der Waals surface area contributed by atoms with Gasteiger partial charge in [-0.25, -0.2) is 0 Å². The first-order chi connectivity index (χ1) is 39.0. The average Bonchev–Trinajstić information content (AvgIpc) is 2.05. The molecule has 11 aromatic carbocycles. The molecule has 14 rings (SSSR count). The predicted octanol–water partition coefficient (Wildman–Crippen LogP) is 19.3. The van der Waals surface area contributed by atoms with Gasteiger partial charge >= 0.3 is 12.4 Å². The van der Waals surface area contributed by atoms with E-state index in [1.54, 1.807) is 0 Å². The maximum atomic E-state index is 15.4. The Morgan fingerprint density at radius 2 is 0.700 bits per heavy atom. The molecule has 0 aliphatic carbocycles. The van der Waals surface area contributed by atoms with Gasteiger partial charge in [-0.3, -0.25) is 0 Å². The Morgan fingerprint density at radius 1 is 0.350 bits per heavy atom. The molecule has 384 valence electrons. The van der Waals surface area contributed by atoms with Gasteiger partial charge < -0.3 is 14.0 Å². The van der Waals surface area contributed by atoms with Gasteiger partial charge in [-0.05, 0) is 81.9 Å². The average molecular weight is 1050 g/mol. The van der Waals surface area contributed by atoms with Gasteiger partial charge in [-0.15, -0.1) is 0 Å². The van der Waals surface area contributed by atoms with E-state index in [9.17, 15) is 5.26 Å². The molecule has 13 aromatic rings. The van der Waals surface area contributed by atoms with Crippen molar-refractivity contribution >= 4 is 60.7 Å². The minimum absolute atomic E-state index is 0.147. The Balaban J connectivity index is 1.31. The quantitative estimate of drug-likeness (QED) is 0.149. The van der Waals surface area contributed by atoms with Gasteiger partial charge in [-0.2, -0.15) is 31.6 Å². The summed E-state index contributed by atoms with van der Waals surface area (Å²) in [4.78, 5) is 2.14. The summed E-state index contributed by atoms with van der Waals surface area (Å²) in [5.41, 5.74) is 6.79. The molecular formula is C70H42F6N4. The number of fused-ring (bicyclic) bond motifs is 8. The zero-order valence-corrected chi connectivity index (χ0v) is 42.3. The molecule has 0 bridgehead atoms. The highest BCUT2D eigenvalue weighted by atomic mass is 19.4. The van der Waals surface area contributed by atoms with Crippen LogP contribution in [0.2, 0.25) is 0 Å². The van der Waals surface area contributed by atoms with Gasteiger partial charge in [0, 0.05) is 32.7 Å². The van der Waals surface area contributed by atoms with Gasteiger partial charge in [0.05, 0.1) is 72.6 Å². The first-order valence-corrected chi connectivity index (χ1v) is 26.0. The first kappa shape index (κ1) is 48.3. The van der Waals surface area contributed by atoms with Crippen LogP contribution in [0.5, 0.6) is 0 Å². The molecule has 0 amide bonds. The summed E-state index contributed by atoms with van der Waals surface area (Å²) >= 11 is 0. The molecule has 0 radical (unpaired) electrons. The van der Waals surface area contributed by atoms with E-state index in [-0.39, 0.29) is 16.6 Å². The van der Waals surface area contributed by atoms with Crippen molar-refractivity contribution in [3.8, 4) is 39.7 Å². The van der Waals surface area contributed by atoms with Crippen LogP contribution in [-0.4, -0.2) is 9.13 Å². The van der Waals surface area contributed by atoms with E-state index in [0.717, 1.165) is 46.5 Å². The van der Waals surface area contributed by atoms with Crippen molar-refractivity contribution < 1.29 is 26.3 Å². The molecule has 0 spiro atoms. The van der Waals surface area contributed by atoms with Crippen LogP contribution in [0.15, 0.2) is 255 Å². The fourth-order valence-corrected chi connectivity index (χ4v) is 12.7. The molecule has 0 fully saturated rings. The largest absolute Gasteiger partial charge is 0.416 e. The summed E-state index contributed by atoms with van der Waals surface area (Å²) in [7, 11) is 0. The molecule has 10 heteroatoms. The van der Waals surface area contributed by atoms with E-state index >= 15 is 26.3 Å². The molecule has 3 heterocycles. The molecule has 0 N–H and O–H groups in total. The van der Waals surface area contributed by atoms with Gasteiger partial charge in [0.1, 0.15) is 6.07 Å². The summed E-state index contributed by atoms with van der Waals surface area (Å²) < 4.78 is 96.0. The fraction of sp³-hybridized carbons (Fsp3) is 0.0429. The molecule has 0 unspecified atom stereocenters. The van der Waals surface area contributed by atoms with Gasteiger partial charge in [0.2, 0.25) is 0 Å². The third-order valence-corrected chi connectivity index (χ3v) is 15.8. The predicted molar refractivity (Wildman–Crippen MR) is 307 cm³/mol. The number of anilines is 3. The van der Waals surface area contributed by atoms with E-state index < -0.39 is 28.9 Å². The maximum Gasteiger partial charge on any atom is 0.416 e. The van der Waals surface area contributed by atoms with Gasteiger partial charge in [0.15, 0.2) is 0 Å². The topological polar surface area (TPSA) is 36.9 Å². The van der Waals surface area contributed by atoms with Crippen molar-refractivity contribution in [3.63, 3.8) is 0 Å². The van der Waals surface area contributed by atoms with Crippen molar-refractivity contribution in [1.82, 2.24) is 9.13 Å². The van der Waals surface area contributed by atoms with Crippen LogP contribution in [0.4, 0.5) is 43.4 Å². The Kier molecular flexibility index (Phi) is 11.0. The smallest absolute Gasteiger partial charge is 0.306 e. The van der Waals surface area contributed by atoms with E-state index in [0.29, 0.717) is 83.3 Å². The van der Waals surface area contributed by atoms with Crippen LogP contribution in [0.25, 0.3) is 77.2 Å². The van der Waals surface area contributed by atoms with Crippen molar-refractivity contribution in [1.29, 1.82) is 5.26 Å². The summed E-state index contributed by atoms with van der Waals surface area (Å²) in [6, 6.07) is 80.3. The van der Waals surface area contributed by atoms with Crippen molar-refractivity contribution in [2.75, 3.05) is 4.90 Å². The van der Waals surface area contributed by atoms with Crippen molar-refractivity contribution in [3.05, 3.63) is 294 Å². The highest BCUT2D eigenvalue weighted by molar-refractivity contribution is 6.16.